The van der Waals surface area contributed by atoms with Crippen LogP contribution in [0, 0.1) is 10.1 Å². The van der Waals surface area contributed by atoms with Gasteiger partial charge in [0.05, 0.1) is 4.92 Å². The third-order valence-corrected chi connectivity index (χ3v) is 3.42. The molecule has 0 bridgehead atoms. The summed E-state index contributed by atoms with van der Waals surface area (Å²) in [5.74, 6) is -1.04. The number of nitro groups is 1. The van der Waals surface area contributed by atoms with E-state index in [0.29, 0.717) is 0 Å². The molecular weight excluding hydrogens is 306 g/mol. The monoisotopic (exact) mass is 317 g/mol. The number of non-ortho nitro benzene ring substituents is 1. The van der Waals surface area contributed by atoms with E-state index in [-0.39, 0.29) is 11.3 Å². The van der Waals surface area contributed by atoms with Gasteiger partial charge in [0, 0.05) is 28.6 Å². The molecule has 22 heavy (non-hydrogen) atoms. The molecule has 7 nitrogen and oxygen atoms in total. The Morgan fingerprint density at radius 3 is 2.45 bits per heavy atom. The number of nitro benzene ring substituents is 1. The predicted molar refractivity (Wildman–Crippen MR) is 82.1 cm³/mol. The zero-order valence-electron chi connectivity index (χ0n) is 11.2. The number of nitrogens with zero attached hydrogens (tertiary/aromatic N) is 1. The van der Waals surface area contributed by atoms with Crippen LogP contribution in [-0.2, 0) is 4.79 Å². The van der Waals surface area contributed by atoms with Crippen molar-refractivity contribution in [1.29, 1.82) is 0 Å². The molecule has 0 aliphatic heterocycles. The van der Waals surface area contributed by atoms with E-state index in [1.807, 2.05) is 17.5 Å². The summed E-state index contributed by atoms with van der Waals surface area (Å²) in [6.07, 6.45) is 2.92. The Hall–Kier alpha value is -3.00. The van der Waals surface area contributed by atoms with E-state index < -0.39 is 16.7 Å². The summed E-state index contributed by atoms with van der Waals surface area (Å²) in [5.41, 5.74) is 4.54. The van der Waals surface area contributed by atoms with Gasteiger partial charge in [0.1, 0.15) is 0 Å². The largest absolute Gasteiger partial charge is 0.269 e. The van der Waals surface area contributed by atoms with Crippen molar-refractivity contribution in [2.45, 2.75) is 0 Å². The second-order valence-electron chi connectivity index (χ2n) is 4.10. The Morgan fingerprint density at radius 1 is 1.14 bits per heavy atom. The van der Waals surface area contributed by atoms with E-state index in [9.17, 15) is 19.7 Å². The van der Waals surface area contributed by atoms with Gasteiger partial charge in [-0.3, -0.25) is 30.6 Å². The van der Waals surface area contributed by atoms with Crippen molar-refractivity contribution in [2.75, 3.05) is 0 Å². The molecule has 8 heteroatoms. The molecule has 2 N–H and O–H groups in total. The number of benzene rings is 1. The molecule has 0 saturated heterocycles. The van der Waals surface area contributed by atoms with Gasteiger partial charge in [0.2, 0.25) is 0 Å². The predicted octanol–water partition coefficient (Wildman–Crippen LogP) is 2.13. The maximum atomic E-state index is 11.7. The minimum atomic E-state index is -0.562. The Kier molecular flexibility index (Phi) is 4.99. The fourth-order valence-electron chi connectivity index (χ4n) is 1.51. The number of hydrogen-bond donors (Lipinski definition) is 2. The highest BCUT2D eigenvalue weighted by Crippen LogP contribution is 2.11. The van der Waals surface area contributed by atoms with Gasteiger partial charge in [-0.2, -0.15) is 0 Å². The van der Waals surface area contributed by atoms with E-state index in [2.05, 4.69) is 10.9 Å². The van der Waals surface area contributed by atoms with Gasteiger partial charge in [0.25, 0.3) is 17.5 Å². The SMILES string of the molecule is O=C(/C=C/c1cccs1)NNC(=O)c1ccc([N+](=O)[O-])cc1. The molecule has 1 aromatic carbocycles. The van der Waals surface area contributed by atoms with Crippen LogP contribution in [0.1, 0.15) is 15.2 Å². The van der Waals surface area contributed by atoms with Crippen LogP contribution in [0.2, 0.25) is 0 Å². The fraction of sp³-hybridized carbons (Fsp3) is 0. The van der Waals surface area contributed by atoms with E-state index in [1.165, 1.54) is 41.7 Å². The Labute approximate surface area is 129 Å². The highest BCUT2D eigenvalue weighted by atomic mass is 32.1. The zero-order valence-corrected chi connectivity index (χ0v) is 12.0. The number of nitrogens with one attached hydrogen (secondary N) is 2. The third kappa shape index (κ3) is 4.25. The highest BCUT2D eigenvalue weighted by Gasteiger charge is 2.09. The van der Waals surface area contributed by atoms with Crippen LogP contribution in [0.15, 0.2) is 47.9 Å². The number of carbonyl (C=O) groups is 2. The molecule has 0 aliphatic carbocycles. The van der Waals surface area contributed by atoms with Crippen LogP contribution in [0.5, 0.6) is 0 Å². The second-order valence-corrected chi connectivity index (χ2v) is 5.08. The maximum absolute atomic E-state index is 11.7. The molecule has 1 aromatic heterocycles. The molecule has 0 saturated carbocycles. The fourth-order valence-corrected chi connectivity index (χ4v) is 2.13. The Bertz CT molecular complexity index is 708. The lowest BCUT2D eigenvalue weighted by Gasteiger charge is -2.04. The summed E-state index contributed by atoms with van der Waals surface area (Å²) in [6, 6.07) is 8.76. The third-order valence-electron chi connectivity index (χ3n) is 2.58. The highest BCUT2D eigenvalue weighted by molar-refractivity contribution is 7.10. The number of rotatable bonds is 4. The Morgan fingerprint density at radius 2 is 1.86 bits per heavy atom. The number of amides is 2. The molecule has 0 fully saturated rings. The van der Waals surface area contributed by atoms with Crippen molar-refractivity contribution in [2.24, 2.45) is 0 Å². The second kappa shape index (κ2) is 7.14. The van der Waals surface area contributed by atoms with Crippen molar-refractivity contribution < 1.29 is 14.5 Å². The smallest absolute Gasteiger partial charge is 0.268 e. The van der Waals surface area contributed by atoms with Crippen molar-refractivity contribution in [3.63, 3.8) is 0 Å². The van der Waals surface area contributed by atoms with Gasteiger partial charge in [-0.1, -0.05) is 6.07 Å². The number of thiophene rings is 1. The van der Waals surface area contributed by atoms with E-state index in [1.54, 1.807) is 6.08 Å². The first-order chi connectivity index (χ1) is 10.6. The van der Waals surface area contributed by atoms with Crippen LogP contribution in [0.4, 0.5) is 5.69 Å². The van der Waals surface area contributed by atoms with Crippen LogP contribution in [0.25, 0.3) is 6.08 Å². The summed E-state index contributed by atoms with van der Waals surface area (Å²) in [4.78, 5) is 34.1. The van der Waals surface area contributed by atoms with Crippen LogP contribution >= 0.6 is 11.3 Å². The number of carbonyl (C=O) groups excluding carboxylic acids is 2. The molecule has 2 aromatic rings. The van der Waals surface area contributed by atoms with Gasteiger partial charge < -0.3 is 0 Å². The standard InChI is InChI=1S/C14H11N3O4S/c18-13(8-7-12-2-1-9-22-12)15-16-14(19)10-3-5-11(6-4-10)17(20)21/h1-9H,(H,15,18)(H,16,19)/b8-7+. The van der Waals surface area contributed by atoms with Gasteiger partial charge in [0.15, 0.2) is 0 Å². The van der Waals surface area contributed by atoms with Gasteiger partial charge in [-0.15, -0.1) is 11.3 Å². The van der Waals surface area contributed by atoms with Crippen LogP contribution in [0.3, 0.4) is 0 Å². The van der Waals surface area contributed by atoms with Gasteiger partial charge in [-0.05, 0) is 29.7 Å². The lowest BCUT2D eigenvalue weighted by Crippen LogP contribution is -2.40. The summed E-state index contributed by atoms with van der Waals surface area (Å²) in [6.45, 7) is 0. The lowest BCUT2D eigenvalue weighted by molar-refractivity contribution is -0.384. The molecular formula is C14H11N3O4S. The first kappa shape index (κ1) is 15.4. The van der Waals surface area contributed by atoms with E-state index in [0.717, 1.165) is 4.88 Å². The summed E-state index contributed by atoms with van der Waals surface area (Å²) in [7, 11) is 0. The van der Waals surface area contributed by atoms with Crippen LogP contribution < -0.4 is 10.9 Å². The first-order valence-corrected chi connectivity index (χ1v) is 7.00. The maximum Gasteiger partial charge on any atom is 0.269 e. The van der Waals surface area contributed by atoms with Crippen molar-refractivity contribution in [1.82, 2.24) is 10.9 Å². The van der Waals surface area contributed by atoms with Gasteiger partial charge >= 0.3 is 0 Å². The molecule has 0 atom stereocenters. The summed E-state index contributed by atoms with van der Waals surface area (Å²) in [5, 5.41) is 12.4. The first-order valence-electron chi connectivity index (χ1n) is 6.12. The summed E-state index contributed by atoms with van der Waals surface area (Å²) >= 11 is 1.48. The van der Waals surface area contributed by atoms with Crippen molar-refractivity contribution >= 4 is 34.9 Å². The average Bonchev–Trinajstić information content (AvgIpc) is 3.04. The molecule has 0 unspecified atom stereocenters. The van der Waals surface area contributed by atoms with Crippen molar-refractivity contribution in [3.8, 4) is 0 Å². The topological polar surface area (TPSA) is 101 Å². The quantitative estimate of drug-likeness (QED) is 0.512. The van der Waals surface area contributed by atoms with E-state index >= 15 is 0 Å². The molecule has 0 spiro atoms. The number of hydrogen-bond acceptors (Lipinski definition) is 5. The van der Waals surface area contributed by atoms with Crippen LogP contribution in [-0.4, -0.2) is 16.7 Å². The Balaban J connectivity index is 1.86. The van der Waals surface area contributed by atoms with E-state index in [4.69, 9.17) is 0 Å². The minimum Gasteiger partial charge on any atom is -0.268 e. The molecule has 0 radical (unpaired) electrons. The molecule has 2 rings (SSSR count). The van der Waals surface area contributed by atoms with Gasteiger partial charge in [-0.25, -0.2) is 0 Å². The van der Waals surface area contributed by atoms with Crippen molar-refractivity contribution in [3.05, 3.63) is 68.4 Å². The zero-order chi connectivity index (χ0) is 15.9. The molecule has 112 valence electrons. The normalized spacial score (nSPS) is 10.4. The summed E-state index contributed by atoms with van der Waals surface area (Å²) < 4.78 is 0. The molecule has 2 amide bonds. The number of hydrazine groups is 1. The molecule has 1 heterocycles. The molecule has 0 aliphatic rings. The minimum absolute atomic E-state index is 0.112. The average molecular weight is 317 g/mol. The lowest BCUT2D eigenvalue weighted by atomic mass is 10.2.